The Kier molecular flexibility index (Phi) is 7.11. The Morgan fingerprint density at radius 1 is 1.50 bits per heavy atom. The Bertz CT molecular complexity index is 397. The SMILES string of the molecule is CCOC(=O)NS(=O)(=O)N(CC)CC(C)C(N)=S. The number of nitrogens with zero attached hydrogens (tertiary/aromatic N) is 1. The van der Waals surface area contributed by atoms with Crippen LogP contribution in [0.4, 0.5) is 4.79 Å². The maximum Gasteiger partial charge on any atom is 0.421 e. The van der Waals surface area contributed by atoms with Gasteiger partial charge in [0.2, 0.25) is 0 Å². The highest BCUT2D eigenvalue weighted by Gasteiger charge is 2.25. The van der Waals surface area contributed by atoms with Crippen molar-refractivity contribution in [2.24, 2.45) is 11.7 Å². The van der Waals surface area contributed by atoms with E-state index in [-0.39, 0.29) is 30.6 Å². The summed E-state index contributed by atoms with van der Waals surface area (Å²) in [4.78, 5) is 11.3. The largest absolute Gasteiger partial charge is 0.449 e. The number of hydrogen-bond acceptors (Lipinski definition) is 5. The van der Waals surface area contributed by atoms with Gasteiger partial charge in [-0.1, -0.05) is 26.1 Å². The van der Waals surface area contributed by atoms with Crippen LogP contribution >= 0.6 is 12.2 Å². The molecule has 1 amide bonds. The normalized spacial score (nSPS) is 13.1. The molecule has 0 heterocycles. The molecule has 0 spiro atoms. The van der Waals surface area contributed by atoms with E-state index in [4.69, 9.17) is 18.0 Å². The topological polar surface area (TPSA) is 102 Å². The van der Waals surface area contributed by atoms with Gasteiger partial charge in [-0.05, 0) is 6.92 Å². The van der Waals surface area contributed by atoms with E-state index in [1.165, 1.54) is 0 Å². The van der Waals surface area contributed by atoms with Gasteiger partial charge in [-0.25, -0.2) is 9.52 Å². The van der Waals surface area contributed by atoms with Gasteiger partial charge in [0.1, 0.15) is 0 Å². The average Bonchev–Trinajstić information content (AvgIpc) is 2.24. The van der Waals surface area contributed by atoms with Gasteiger partial charge in [0.15, 0.2) is 0 Å². The summed E-state index contributed by atoms with van der Waals surface area (Å²) < 4.78 is 31.1. The van der Waals surface area contributed by atoms with Crippen molar-refractivity contribution >= 4 is 33.5 Å². The van der Waals surface area contributed by atoms with Crippen molar-refractivity contribution in [3.05, 3.63) is 0 Å². The molecule has 106 valence electrons. The molecular weight excluding hydrogens is 278 g/mol. The molecule has 18 heavy (non-hydrogen) atoms. The zero-order valence-corrected chi connectivity index (χ0v) is 12.3. The maximum absolute atomic E-state index is 11.8. The van der Waals surface area contributed by atoms with Crippen LogP contribution < -0.4 is 10.5 Å². The van der Waals surface area contributed by atoms with Crippen molar-refractivity contribution in [1.29, 1.82) is 0 Å². The highest BCUT2D eigenvalue weighted by Crippen LogP contribution is 2.05. The highest BCUT2D eigenvalue weighted by atomic mass is 32.2. The fourth-order valence-electron chi connectivity index (χ4n) is 1.12. The standard InChI is InChI=1S/C9H19N3O4S2/c1-4-12(6-7(3)8(10)17)18(14,15)11-9(13)16-5-2/h7H,4-6H2,1-3H3,(H2,10,17)(H,11,13). The molecule has 0 rings (SSSR count). The molecule has 0 radical (unpaired) electrons. The quantitative estimate of drug-likeness (QED) is 0.652. The van der Waals surface area contributed by atoms with Crippen LogP contribution in [-0.4, -0.2) is 43.5 Å². The lowest BCUT2D eigenvalue weighted by Gasteiger charge is -2.23. The third kappa shape index (κ3) is 5.61. The third-order valence-corrected chi connectivity index (χ3v) is 4.06. The summed E-state index contributed by atoms with van der Waals surface area (Å²) in [5.74, 6) is -0.279. The number of carbonyl (C=O) groups excluding carboxylic acids is 1. The molecule has 1 unspecified atom stereocenters. The predicted octanol–water partition coefficient (Wildman–Crippen LogP) is 0.221. The summed E-state index contributed by atoms with van der Waals surface area (Å²) in [6, 6.07) is 0. The van der Waals surface area contributed by atoms with E-state index < -0.39 is 16.3 Å². The summed E-state index contributed by atoms with van der Waals surface area (Å²) in [5.41, 5.74) is 5.43. The maximum atomic E-state index is 11.8. The van der Waals surface area contributed by atoms with Crippen molar-refractivity contribution in [2.75, 3.05) is 19.7 Å². The van der Waals surface area contributed by atoms with Gasteiger partial charge in [-0.15, -0.1) is 0 Å². The molecule has 0 aromatic rings. The fraction of sp³-hybridized carbons (Fsp3) is 0.778. The van der Waals surface area contributed by atoms with E-state index in [9.17, 15) is 13.2 Å². The molecule has 0 aliphatic heterocycles. The van der Waals surface area contributed by atoms with Crippen molar-refractivity contribution in [1.82, 2.24) is 9.03 Å². The Morgan fingerprint density at radius 2 is 2.06 bits per heavy atom. The van der Waals surface area contributed by atoms with Crippen LogP contribution in [0.2, 0.25) is 0 Å². The first-order chi connectivity index (χ1) is 8.24. The summed E-state index contributed by atoms with van der Waals surface area (Å²) in [6.45, 7) is 5.35. The summed E-state index contributed by atoms with van der Waals surface area (Å²) in [7, 11) is -3.93. The molecule has 0 saturated heterocycles. The van der Waals surface area contributed by atoms with Crippen LogP contribution in [0.25, 0.3) is 0 Å². The van der Waals surface area contributed by atoms with E-state index >= 15 is 0 Å². The van der Waals surface area contributed by atoms with Crippen molar-refractivity contribution in [2.45, 2.75) is 20.8 Å². The van der Waals surface area contributed by atoms with Gasteiger partial charge in [-0.2, -0.15) is 12.7 Å². The lowest BCUT2D eigenvalue weighted by Crippen LogP contribution is -2.46. The molecule has 0 aromatic carbocycles. The number of nitrogens with one attached hydrogen (secondary N) is 1. The van der Waals surface area contributed by atoms with Gasteiger partial charge in [0.25, 0.3) is 0 Å². The first kappa shape index (κ1) is 17.1. The monoisotopic (exact) mass is 297 g/mol. The van der Waals surface area contributed by atoms with E-state index in [1.807, 2.05) is 0 Å². The number of hydrogen-bond donors (Lipinski definition) is 2. The summed E-state index contributed by atoms with van der Waals surface area (Å²) >= 11 is 4.78. The number of amides is 1. The van der Waals surface area contributed by atoms with Gasteiger partial charge in [0.05, 0.1) is 11.6 Å². The van der Waals surface area contributed by atoms with Crippen LogP contribution in [0.15, 0.2) is 0 Å². The van der Waals surface area contributed by atoms with E-state index in [0.717, 1.165) is 4.31 Å². The summed E-state index contributed by atoms with van der Waals surface area (Å²) in [5, 5.41) is 0. The van der Waals surface area contributed by atoms with Gasteiger partial charge in [0, 0.05) is 19.0 Å². The lowest BCUT2D eigenvalue weighted by molar-refractivity contribution is 0.158. The van der Waals surface area contributed by atoms with E-state index in [2.05, 4.69) is 4.74 Å². The predicted molar refractivity (Wildman–Crippen MR) is 72.3 cm³/mol. The molecule has 9 heteroatoms. The van der Waals surface area contributed by atoms with Crippen molar-refractivity contribution < 1.29 is 17.9 Å². The number of nitrogens with two attached hydrogens (primary N) is 1. The molecular formula is C9H19N3O4S2. The second-order valence-electron chi connectivity index (χ2n) is 3.58. The Morgan fingerprint density at radius 3 is 2.44 bits per heavy atom. The molecule has 7 nitrogen and oxygen atoms in total. The van der Waals surface area contributed by atoms with Crippen LogP contribution in [0.3, 0.4) is 0 Å². The number of carbonyl (C=O) groups is 1. The van der Waals surface area contributed by atoms with Crippen LogP contribution in [0, 0.1) is 5.92 Å². The second kappa shape index (κ2) is 7.49. The van der Waals surface area contributed by atoms with Crippen LogP contribution in [-0.2, 0) is 14.9 Å². The third-order valence-electron chi connectivity index (χ3n) is 2.14. The molecule has 3 N–H and O–H groups in total. The zero-order valence-electron chi connectivity index (χ0n) is 10.7. The number of thiocarbonyl (C=S) groups is 1. The van der Waals surface area contributed by atoms with E-state index in [0.29, 0.717) is 0 Å². The Balaban J connectivity index is 4.72. The molecule has 0 fully saturated rings. The molecule has 0 saturated carbocycles. The average molecular weight is 297 g/mol. The lowest BCUT2D eigenvalue weighted by atomic mass is 10.2. The van der Waals surface area contributed by atoms with Crippen LogP contribution in [0.1, 0.15) is 20.8 Å². The number of ether oxygens (including phenoxy) is 1. The number of rotatable bonds is 7. The first-order valence-corrected chi connectivity index (χ1v) is 7.33. The minimum absolute atomic E-state index is 0.0940. The minimum Gasteiger partial charge on any atom is -0.449 e. The molecule has 0 aromatic heterocycles. The van der Waals surface area contributed by atoms with Gasteiger partial charge >= 0.3 is 16.3 Å². The molecule has 0 aliphatic rings. The molecule has 0 bridgehead atoms. The van der Waals surface area contributed by atoms with Crippen molar-refractivity contribution in [3.63, 3.8) is 0 Å². The smallest absolute Gasteiger partial charge is 0.421 e. The van der Waals surface area contributed by atoms with Crippen molar-refractivity contribution in [3.8, 4) is 0 Å². The van der Waals surface area contributed by atoms with Crippen LogP contribution in [0.5, 0.6) is 0 Å². The Labute approximate surface area is 113 Å². The van der Waals surface area contributed by atoms with Gasteiger partial charge in [-0.3, -0.25) is 0 Å². The first-order valence-electron chi connectivity index (χ1n) is 5.48. The van der Waals surface area contributed by atoms with Gasteiger partial charge < -0.3 is 10.5 Å². The summed E-state index contributed by atoms with van der Waals surface area (Å²) in [6.07, 6.45) is -1.00. The molecule has 1 atom stereocenters. The van der Waals surface area contributed by atoms with E-state index in [1.54, 1.807) is 25.5 Å². The minimum atomic E-state index is -3.93. The fourth-order valence-corrected chi connectivity index (χ4v) is 2.36. The molecule has 0 aliphatic carbocycles. The zero-order chi connectivity index (χ0) is 14.3. The second-order valence-corrected chi connectivity index (χ2v) is 5.72. The highest BCUT2D eigenvalue weighted by molar-refractivity contribution is 7.87. The Hall–Kier alpha value is -0.930.